The van der Waals surface area contributed by atoms with Crippen molar-refractivity contribution in [1.82, 2.24) is 9.97 Å². The van der Waals surface area contributed by atoms with E-state index in [9.17, 15) is 0 Å². The third-order valence-corrected chi connectivity index (χ3v) is 2.25. The van der Waals surface area contributed by atoms with Gasteiger partial charge in [0, 0.05) is 11.8 Å². The molecule has 0 spiro atoms. The van der Waals surface area contributed by atoms with Crippen molar-refractivity contribution in [3.63, 3.8) is 0 Å². The molecule has 0 atom stereocenters. The minimum Gasteiger partial charge on any atom is -0.475 e. The van der Waals surface area contributed by atoms with Gasteiger partial charge in [-0.15, -0.1) is 0 Å². The van der Waals surface area contributed by atoms with Gasteiger partial charge in [0.15, 0.2) is 0 Å². The summed E-state index contributed by atoms with van der Waals surface area (Å²) in [4.78, 5) is 8.11. The van der Waals surface area contributed by atoms with Crippen molar-refractivity contribution in [1.29, 1.82) is 0 Å². The summed E-state index contributed by atoms with van der Waals surface area (Å²) in [6.07, 6.45) is 0.0422. The number of rotatable bonds is 4. The zero-order chi connectivity index (χ0) is 13.0. The van der Waals surface area contributed by atoms with Crippen molar-refractivity contribution in [2.75, 3.05) is 5.32 Å². The molecule has 0 aliphatic rings. The van der Waals surface area contributed by atoms with Gasteiger partial charge in [-0.3, -0.25) is 0 Å². The Labute approximate surface area is 111 Å². The van der Waals surface area contributed by atoms with Crippen LogP contribution in [0, 0.1) is 0 Å². The van der Waals surface area contributed by atoms with Gasteiger partial charge in [0.25, 0.3) is 0 Å². The average Bonchev–Trinajstić information content (AvgIpc) is 2.28. The topological polar surface area (TPSA) is 47.0 Å². The molecular formula is C13H14ClN3O. The molecule has 94 valence electrons. The number of nitrogens with zero attached hydrogens (tertiary/aromatic N) is 2. The summed E-state index contributed by atoms with van der Waals surface area (Å²) in [6, 6.07) is 11.4. The maximum Gasteiger partial charge on any atom is 0.227 e. The first kappa shape index (κ1) is 12.6. The van der Waals surface area contributed by atoms with Gasteiger partial charge in [-0.1, -0.05) is 18.2 Å². The largest absolute Gasteiger partial charge is 0.475 e. The fraction of sp³-hybridized carbons (Fsp3) is 0.231. The predicted octanol–water partition coefficient (Wildman–Crippen LogP) is 3.66. The van der Waals surface area contributed by atoms with E-state index in [0.29, 0.717) is 11.7 Å². The molecule has 2 rings (SSSR count). The van der Waals surface area contributed by atoms with Crippen LogP contribution in [0.5, 0.6) is 5.88 Å². The zero-order valence-electron chi connectivity index (χ0n) is 10.2. The Bertz CT molecular complexity index is 517. The molecule has 1 aromatic carbocycles. The molecule has 0 saturated carbocycles. The van der Waals surface area contributed by atoms with Crippen LogP contribution in [0.1, 0.15) is 13.8 Å². The van der Waals surface area contributed by atoms with E-state index in [0.717, 1.165) is 5.69 Å². The standard InChI is InChI=1S/C13H14ClN3O/c1-9(2)18-12-8-11(16-13(14)17-12)15-10-6-4-3-5-7-10/h3-9H,1-2H3,(H,15,16,17). The second-order valence-corrected chi connectivity index (χ2v) is 4.36. The number of para-hydroxylation sites is 1. The molecule has 0 saturated heterocycles. The van der Waals surface area contributed by atoms with Crippen molar-refractivity contribution in [2.45, 2.75) is 20.0 Å². The van der Waals surface area contributed by atoms with Gasteiger partial charge in [0.1, 0.15) is 5.82 Å². The molecule has 0 fully saturated rings. The Morgan fingerprint density at radius 1 is 1.17 bits per heavy atom. The SMILES string of the molecule is CC(C)Oc1cc(Nc2ccccc2)nc(Cl)n1. The second-order valence-electron chi connectivity index (χ2n) is 4.02. The first-order chi connectivity index (χ1) is 8.63. The van der Waals surface area contributed by atoms with E-state index >= 15 is 0 Å². The minimum absolute atomic E-state index is 0.0422. The third-order valence-electron chi connectivity index (χ3n) is 2.08. The molecule has 1 aromatic heterocycles. The van der Waals surface area contributed by atoms with Crippen molar-refractivity contribution >= 4 is 23.1 Å². The number of nitrogens with one attached hydrogen (secondary N) is 1. The molecule has 1 N–H and O–H groups in total. The van der Waals surface area contributed by atoms with Crippen LogP contribution in [0.4, 0.5) is 11.5 Å². The highest BCUT2D eigenvalue weighted by atomic mass is 35.5. The van der Waals surface area contributed by atoms with Crippen LogP contribution >= 0.6 is 11.6 Å². The molecule has 0 aliphatic heterocycles. The number of aromatic nitrogens is 2. The van der Waals surface area contributed by atoms with Crippen molar-refractivity contribution in [2.24, 2.45) is 0 Å². The molecule has 0 bridgehead atoms. The summed E-state index contributed by atoms with van der Waals surface area (Å²) < 4.78 is 5.50. The Balaban J connectivity index is 2.20. The van der Waals surface area contributed by atoms with Crippen LogP contribution in [0.25, 0.3) is 0 Å². The maximum absolute atomic E-state index is 5.86. The highest BCUT2D eigenvalue weighted by molar-refractivity contribution is 6.28. The van der Waals surface area contributed by atoms with Crippen LogP contribution < -0.4 is 10.1 Å². The maximum atomic E-state index is 5.86. The van der Waals surface area contributed by atoms with E-state index in [1.807, 2.05) is 44.2 Å². The molecule has 1 heterocycles. The first-order valence-corrected chi connectivity index (χ1v) is 6.04. The van der Waals surface area contributed by atoms with E-state index in [1.54, 1.807) is 6.07 Å². The van der Waals surface area contributed by atoms with Gasteiger partial charge in [-0.05, 0) is 37.6 Å². The molecule has 0 radical (unpaired) electrons. The lowest BCUT2D eigenvalue weighted by atomic mass is 10.3. The van der Waals surface area contributed by atoms with Crippen LogP contribution in [0.2, 0.25) is 5.28 Å². The summed E-state index contributed by atoms with van der Waals surface area (Å²) in [7, 11) is 0. The van der Waals surface area contributed by atoms with Crippen molar-refractivity contribution in [3.8, 4) is 5.88 Å². The van der Waals surface area contributed by atoms with Crippen LogP contribution in [-0.4, -0.2) is 16.1 Å². The quantitative estimate of drug-likeness (QED) is 0.855. The number of halogens is 1. The molecule has 0 unspecified atom stereocenters. The molecule has 4 nitrogen and oxygen atoms in total. The number of hydrogen-bond acceptors (Lipinski definition) is 4. The van der Waals surface area contributed by atoms with Gasteiger partial charge in [-0.25, -0.2) is 4.98 Å². The van der Waals surface area contributed by atoms with E-state index < -0.39 is 0 Å². The predicted molar refractivity (Wildman–Crippen MR) is 72.5 cm³/mol. The fourth-order valence-electron chi connectivity index (χ4n) is 1.43. The first-order valence-electron chi connectivity index (χ1n) is 5.67. The Hall–Kier alpha value is -1.81. The summed E-state index contributed by atoms with van der Waals surface area (Å²) >= 11 is 5.86. The van der Waals surface area contributed by atoms with Crippen LogP contribution in [0.3, 0.4) is 0 Å². The summed E-state index contributed by atoms with van der Waals surface area (Å²) in [5.74, 6) is 1.07. The Morgan fingerprint density at radius 3 is 2.56 bits per heavy atom. The third kappa shape index (κ3) is 3.60. The molecule has 18 heavy (non-hydrogen) atoms. The Morgan fingerprint density at radius 2 is 1.89 bits per heavy atom. The van der Waals surface area contributed by atoms with Gasteiger partial charge >= 0.3 is 0 Å². The van der Waals surface area contributed by atoms with E-state index in [4.69, 9.17) is 16.3 Å². The fourth-order valence-corrected chi connectivity index (χ4v) is 1.61. The van der Waals surface area contributed by atoms with Crippen molar-refractivity contribution < 1.29 is 4.74 Å². The van der Waals surface area contributed by atoms with Gasteiger partial charge in [-0.2, -0.15) is 4.98 Å². The van der Waals surface area contributed by atoms with Crippen LogP contribution in [-0.2, 0) is 0 Å². The number of benzene rings is 1. The number of anilines is 2. The van der Waals surface area contributed by atoms with Crippen molar-refractivity contribution in [3.05, 3.63) is 41.7 Å². The average molecular weight is 264 g/mol. The van der Waals surface area contributed by atoms with Gasteiger partial charge in [0.05, 0.1) is 6.10 Å². The molecule has 0 aliphatic carbocycles. The minimum atomic E-state index is 0.0422. The highest BCUT2D eigenvalue weighted by Crippen LogP contribution is 2.20. The lowest BCUT2D eigenvalue weighted by Crippen LogP contribution is -2.08. The number of hydrogen-bond donors (Lipinski definition) is 1. The summed E-state index contributed by atoms with van der Waals surface area (Å²) in [5.41, 5.74) is 0.933. The lowest BCUT2D eigenvalue weighted by molar-refractivity contribution is 0.232. The monoisotopic (exact) mass is 263 g/mol. The molecular weight excluding hydrogens is 250 g/mol. The van der Waals surface area contributed by atoms with E-state index in [2.05, 4.69) is 15.3 Å². The van der Waals surface area contributed by atoms with E-state index in [1.165, 1.54) is 0 Å². The highest BCUT2D eigenvalue weighted by Gasteiger charge is 2.05. The van der Waals surface area contributed by atoms with E-state index in [-0.39, 0.29) is 11.4 Å². The van der Waals surface area contributed by atoms with Gasteiger partial charge < -0.3 is 10.1 Å². The van der Waals surface area contributed by atoms with Crippen LogP contribution in [0.15, 0.2) is 36.4 Å². The molecule has 0 amide bonds. The lowest BCUT2D eigenvalue weighted by Gasteiger charge is -2.11. The molecule has 5 heteroatoms. The number of ether oxygens (including phenoxy) is 1. The Kier molecular flexibility index (Phi) is 3.99. The summed E-state index contributed by atoms with van der Waals surface area (Å²) in [6.45, 7) is 3.86. The van der Waals surface area contributed by atoms with Gasteiger partial charge in [0.2, 0.25) is 11.2 Å². The zero-order valence-corrected chi connectivity index (χ0v) is 11.0. The smallest absolute Gasteiger partial charge is 0.227 e. The summed E-state index contributed by atoms with van der Waals surface area (Å²) in [5, 5.41) is 3.30. The second kappa shape index (κ2) is 5.69. The molecule has 2 aromatic rings. The normalized spacial score (nSPS) is 10.4.